The second-order valence-corrected chi connectivity index (χ2v) is 5.59. The summed E-state index contributed by atoms with van der Waals surface area (Å²) in [5.74, 6) is 0.225. The quantitative estimate of drug-likeness (QED) is 0.919. The van der Waals surface area contributed by atoms with E-state index in [4.69, 9.17) is 0 Å². The van der Waals surface area contributed by atoms with Crippen LogP contribution in [-0.2, 0) is 9.59 Å². The van der Waals surface area contributed by atoms with Gasteiger partial charge in [0.25, 0.3) is 0 Å². The van der Waals surface area contributed by atoms with Crippen molar-refractivity contribution in [2.75, 3.05) is 18.0 Å². The molecule has 0 atom stereocenters. The summed E-state index contributed by atoms with van der Waals surface area (Å²) in [6.45, 7) is 2.44. The van der Waals surface area contributed by atoms with Gasteiger partial charge in [0.2, 0.25) is 11.8 Å². The molecule has 1 aliphatic carbocycles. The largest absolute Gasteiger partial charge is 0.354 e. The number of hydrogen-bond acceptors (Lipinski definition) is 3. The van der Waals surface area contributed by atoms with Crippen LogP contribution >= 0.6 is 0 Å². The smallest absolute Gasteiger partial charge is 0.223 e. The van der Waals surface area contributed by atoms with Crippen LogP contribution in [0.15, 0.2) is 36.5 Å². The predicted molar refractivity (Wildman–Crippen MR) is 85.5 cm³/mol. The molecular weight excluding hydrogens is 278 g/mol. The maximum atomic E-state index is 12.0. The second-order valence-electron chi connectivity index (χ2n) is 5.59. The molecular formula is C17H19N3O2. The zero-order chi connectivity index (χ0) is 15.5. The number of nitrogens with zero attached hydrogens (tertiary/aromatic N) is 2. The van der Waals surface area contributed by atoms with Gasteiger partial charge in [-0.1, -0.05) is 18.2 Å². The predicted octanol–water partition coefficient (Wildman–Crippen LogP) is 2.11. The van der Waals surface area contributed by atoms with Crippen molar-refractivity contribution >= 4 is 28.4 Å². The van der Waals surface area contributed by atoms with E-state index in [2.05, 4.69) is 10.3 Å². The molecule has 5 heteroatoms. The molecule has 1 N–H and O–H groups in total. The third-order valence-electron chi connectivity index (χ3n) is 3.87. The van der Waals surface area contributed by atoms with E-state index >= 15 is 0 Å². The van der Waals surface area contributed by atoms with Gasteiger partial charge in [0.05, 0.1) is 11.2 Å². The summed E-state index contributed by atoms with van der Waals surface area (Å²) >= 11 is 0. The van der Waals surface area contributed by atoms with Crippen molar-refractivity contribution in [2.24, 2.45) is 5.92 Å². The summed E-state index contributed by atoms with van der Waals surface area (Å²) in [5.41, 5.74) is 1.58. The summed E-state index contributed by atoms with van der Waals surface area (Å²) in [6, 6.07) is 9.62. The molecule has 2 amide bonds. The first-order chi connectivity index (χ1) is 10.7. The Morgan fingerprint density at radius 2 is 2.05 bits per heavy atom. The van der Waals surface area contributed by atoms with E-state index < -0.39 is 0 Å². The van der Waals surface area contributed by atoms with Crippen LogP contribution < -0.4 is 10.2 Å². The molecule has 1 saturated carbocycles. The lowest BCUT2D eigenvalue weighted by Crippen LogP contribution is -2.38. The Morgan fingerprint density at radius 3 is 2.77 bits per heavy atom. The molecule has 1 fully saturated rings. The number of benzene rings is 1. The molecule has 0 spiro atoms. The fraction of sp³-hybridized carbons (Fsp3) is 0.353. The first-order valence-electron chi connectivity index (χ1n) is 7.56. The van der Waals surface area contributed by atoms with Crippen LogP contribution in [-0.4, -0.2) is 29.9 Å². The normalized spacial score (nSPS) is 13.9. The van der Waals surface area contributed by atoms with Gasteiger partial charge in [-0.3, -0.25) is 14.6 Å². The van der Waals surface area contributed by atoms with Gasteiger partial charge in [0.15, 0.2) is 0 Å². The Morgan fingerprint density at radius 1 is 1.27 bits per heavy atom. The highest BCUT2D eigenvalue weighted by Gasteiger charge is 2.29. The van der Waals surface area contributed by atoms with Crippen molar-refractivity contribution in [3.63, 3.8) is 0 Å². The molecule has 1 aromatic heterocycles. The highest BCUT2D eigenvalue weighted by molar-refractivity contribution is 6.01. The van der Waals surface area contributed by atoms with Crippen molar-refractivity contribution in [3.8, 4) is 0 Å². The van der Waals surface area contributed by atoms with Gasteiger partial charge < -0.3 is 10.2 Å². The molecule has 1 aromatic carbocycles. The number of amides is 2. The number of carbonyl (C=O) groups is 2. The SMILES string of the molecule is CC(=O)N(CCNC(=O)C1CC1)c1cccc2cccnc12. The van der Waals surface area contributed by atoms with Crippen molar-refractivity contribution in [1.29, 1.82) is 0 Å². The van der Waals surface area contributed by atoms with Crippen LogP contribution in [0.4, 0.5) is 5.69 Å². The monoisotopic (exact) mass is 297 g/mol. The first-order valence-corrected chi connectivity index (χ1v) is 7.56. The lowest BCUT2D eigenvalue weighted by molar-refractivity contribution is -0.122. The first kappa shape index (κ1) is 14.5. The van der Waals surface area contributed by atoms with E-state index in [1.165, 1.54) is 6.92 Å². The fourth-order valence-electron chi connectivity index (χ4n) is 2.53. The van der Waals surface area contributed by atoms with Crippen LogP contribution in [0.25, 0.3) is 10.9 Å². The lowest BCUT2D eigenvalue weighted by atomic mass is 10.1. The maximum absolute atomic E-state index is 12.0. The molecule has 0 bridgehead atoms. The van der Waals surface area contributed by atoms with Gasteiger partial charge in [0, 0.05) is 37.5 Å². The van der Waals surface area contributed by atoms with Crippen LogP contribution in [0.3, 0.4) is 0 Å². The minimum Gasteiger partial charge on any atom is -0.354 e. The van der Waals surface area contributed by atoms with E-state index in [0.717, 1.165) is 29.4 Å². The van der Waals surface area contributed by atoms with E-state index in [-0.39, 0.29) is 17.7 Å². The number of rotatable bonds is 5. The number of anilines is 1. The summed E-state index contributed by atoms with van der Waals surface area (Å²) in [4.78, 5) is 29.7. The molecule has 1 aliphatic rings. The third-order valence-corrected chi connectivity index (χ3v) is 3.87. The summed E-state index contributed by atoms with van der Waals surface area (Å²) in [6.07, 6.45) is 3.68. The van der Waals surface area contributed by atoms with Gasteiger partial charge in [-0.25, -0.2) is 0 Å². The number of carbonyl (C=O) groups excluding carboxylic acids is 2. The fourth-order valence-corrected chi connectivity index (χ4v) is 2.53. The van der Waals surface area contributed by atoms with E-state index in [1.807, 2.05) is 30.3 Å². The Balaban J connectivity index is 1.77. The van der Waals surface area contributed by atoms with Gasteiger partial charge in [-0.2, -0.15) is 0 Å². The average molecular weight is 297 g/mol. The van der Waals surface area contributed by atoms with Crippen LogP contribution in [0.2, 0.25) is 0 Å². The van der Waals surface area contributed by atoms with Crippen molar-refractivity contribution < 1.29 is 9.59 Å². The average Bonchev–Trinajstić information content (AvgIpc) is 3.35. The van der Waals surface area contributed by atoms with Crippen LogP contribution in [0, 0.1) is 5.92 Å². The minimum absolute atomic E-state index is 0.0566. The molecule has 0 aliphatic heterocycles. The number of hydrogen-bond donors (Lipinski definition) is 1. The van der Waals surface area contributed by atoms with Gasteiger partial charge >= 0.3 is 0 Å². The Hall–Kier alpha value is -2.43. The molecule has 2 aromatic rings. The summed E-state index contributed by atoms with van der Waals surface area (Å²) in [5, 5.41) is 3.89. The highest BCUT2D eigenvalue weighted by atomic mass is 16.2. The Bertz CT molecular complexity index is 705. The van der Waals surface area contributed by atoms with Gasteiger partial charge in [0.1, 0.15) is 0 Å². The highest BCUT2D eigenvalue weighted by Crippen LogP contribution is 2.28. The summed E-state index contributed by atoms with van der Waals surface area (Å²) in [7, 11) is 0. The lowest BCUT2D eigenvalue weighted by Gasteiger charge is -2.22. The zero-order valence-corrected chi connectivity index (χ0v) is 12.6. The molecule has 22 heavy (non-hydrogen) atoms. The molecule has 0 saturated heterocycles. The second kappa shape index (κ2) is 6.13. The summed E-state index contributed by atoms with van der Waals surface area (Å²) < 4.78 is 0. The van der Waals surface area contributed by atoms with Crippen molar-refractivity contribution in [3.05, 3.63) is 36.5 Å². The maximum Gasteiger partial charge on any atom is 0.223 e. The molecule has 114 valence electrons. The number of pyridine rings is 1. The Labute approximate surface area is 129 Å². The third kappa shape index (κ3) is 3.08. The minimum atomic E-state index is -0.0566. The zero-order valence-electron chi connectivity index (χ0n) is 12.6. The van der Waals surface area contributed by atoms with Crippen LogP contribution in [0.5, 0.6) is 0 Å². The number of nitrogens with one attached hydrogen (secondary N) is 1. The van der Waals surface area contributed by atoms with Gasteiger partial charge in [-0.15, -0.1) is 0 Å². The van der Waals surface area contributed by atoms with Crippen molar-refractivity contribution in [2.45, 2.75) is 19.8 Å². The van der Waals surface area contributed by atoms with Crippen LogP contribution in [0.1, 0.15) is 19.8 Å². The molecule has 5 nitrogen and oxygen atoms in total. The molecule has 1 heterocycles. The van der Waals surface area contributed by atoms with E-state index in [9.17, 15) is 9.59 Å². The number of aromatic nitrogens is 1. The standard InChI is InChI=1S/C17H19N3O2/c1-12(21)20(11-10-19-17(22)14-7-8-14)15-6-2-4-13-5-3-9-18-16(13)15/h2-6,9,14H,7-8,10-11H2,1H3,(H,19,22). The topological polar surface area (TPSA) is 62.3 Å². The Kier molecular flexibility index (Phi) is 4.04. The van der Waals surface area contributed by atoms with E-state index in [0.29, 0.717) is 13.1 Å². The number of fused-ring (bicyclic) bond motifs is 1. The van der Waals surface area contributed by atoms with Crippen molar-refractivity contribution in [1.82, 2.24) is 10.3 Å². The molecule has 0 unspecified atom stereocenters. The number of para-hydroxylation sites is 1. The van der Waals surface area contributed by atoms with E-state index in [1.54, 1.807) is 11.1 Å². The molecule has 0 radical (unpaired) electrons. The van der Waals surface area contributed by atoms with Gasteiger partial charge in [-0.05, 0) is 25.0 Å². The molecule has 3 rings (SSSR count).